The van der Waals surface area contributed by atoms with E-state index in [1.54, 1.807) is 0 Å². The second-order valence-electron chi connectivity index (χ2n) is 5.83. The Morgan fingerprint density at radius 1 is 0.870 bits per heavy atom. The van der Waals surface area contributed by atoms with Crippen LogP contribution in [-0.4, -0.2) is 16.1 Å². The van der Waals surface area contributed by atoms with Crippen molar-refractivity contribution in [2.24, 2.45) is 0 Å². The van der Waals surface area contributed by atoms with Gasteiger partial charge in [0, 0.05) is 16.2 Å². The average molecular weight is 301 g/mol. The number of hydrogen-bond donors (Lipinski definition) is 1. The molecule has 3 aromatic carbocycles. The van der Waals surface area contributed by atoms with E-state index < -0.39 is 5.97 Å². The number of aryl methyl sites for hydroxylation is 2. The second kappa shape index (κ2) is 4.78. The Labute approximate surface area is 133 Å². The van der Waals surface area contributed by atoms with Gasteiger partial charge in [-0.1, -0.05) is 42.5 Å². The summed E-state index contributed by atoms with van der Waals surface area (Å²) in [6.07, 6.45) is 0. The lowest BCUT2D eigenvalue weighted by Crippen LogP contribution is -2.03. The smallest absolute Gasteiger partial charge is 0.337 e. The molecule has 0 aliphatic carbocycles. The maximum absolute atomic E-state index is 12.0. The molecular formula is C20H15NO2. The van der Waals surface area contributed by atoms with Crippen molar-refractivity contribution >= 4 is 38.5 Å². The molecule has 0 bridgehead atoms. The highest BCUT2D eigenvalue weighted by Crippen LogP contribution is 2.35. The molecule has 23 heavy (non-hydrogen) atoms. The van der Waals surface area contributed by atoms with Gasteiger partial charge in [-0.15, -0.1) is 0 Å². The molecule has 0 radical (unpaired) electrons. The minimum Gasteiger partial charge on any atom is -0.478 e. The normalized spacial score (nSPS) is 11.4. The van der Waals surface area contributed by atoms with Crippen LogP contribution in [0, 0.1) is 13.8 Å². The van der Waals surface area contributed by atoms with Crippen molar-refractivity contribution in [3.8, 4) is 0 Å². The second-order valence-corrected chi connectivity index (χ2v) is 5.83. The fourth-order valence-corrected chi connectivity index (χ4v) is 3.40. The number of benzene rings is 3. The molecule has 1 heterocycles. The molecule has 0 unspecified atom stereocenters. The molecule has 1 N–H and O–H groups in total. The molecule has 3 heteroatoms. The molecule has 0 aliphatic rings. The highest BCUT2D eigenvalue weighted by molar-refractivity contribution is 6.20. The summed E-state index contributed by atoms with van der Waals surface area (Å²) in [4.78, 5) is 16.8. The molecule has 0 spiro atoms. The zero-order valence-electron chi connectivity index (χ0n) is 12.9. The van der Waals surface area contributed by atoms with E-state index in [4.69, 9.17) is 4.98 Å². The van der Waals surface area contributed by atoms with Gasteiger partial charge in [0.25, 0.3) is 0 Å². The number of rotatable bonds is 1. The first-order chi connectivity index (χ1) is 11.1. The van der Waals surface area contributed by atoms with Gasteiger partial charge in [0.1, 0.15) is 0 Å². The van der Waals surface area contributed by atoms with E-state index in [1.807, 2.05) is 56.3 Å². The summed E-state index contributed by atoms with van der Waals surface area (Å²) in [5, 5.41) is 13.4. The summed E-state index contributed by atoms with van der Waals surface area (Å²) in [6.45, 7) is 4.02. The van der Waals surface area contributed by atoms with Crippen molar-refractivity contribution in [2.45, 2.75) is 13.8 Å². The summed E-state index contributed by atoms with van der Waals surface area (Å²) >= 11 is 0. The fraction of sp³-hybridized carbons (Fsp3) is 0.100. The molecule has 4 aromatic rings. The molecule has 1 aromatic heterocycles. The Morgan fingerprint density at radius 3 is 2.17 bits per heavy atom. The number of pyridine rings is 1. The average Bonchev–Trinajstić information content (AvgIpc) is 2.57. The van der Waals surface area contributed by atoms with Gasteiger partial charge in [0.2, 0.25) is 0 Å². The largest absolute Gasteiger partial charge is 0.478 e. The number of para-hydroxylation sites is 1. The number of aromatic carboxylic acids is 1. The molecule has 0 fully saturated rings. The number of carbonyl (C=O) groups is 1. The minimum absolute atomic E-state index is 0.344. The van der Waals surface area contributed by atoms with Gasteiger partial charge in [-0.25, -0.2) is 9.78 Å². The van der Waals surface area contributed by atoms with Crippen LogP contribution in [0.3, 0.4) is 0 Å². The van der Waals surface area contributed by atoms with Gasteiger partial charge in [-0.3, -0.25) is 0 Å². The van der Waals surface area contributed by atoms with Crippen LogP contribution in [-0.2, 0) is 0 Å². The van der Waals surface area contributed by atoms with Crippen molar-refractivity contribution in [1.29, 1.82) is 0 Å². The lowest BCUT2D eigenvalue weighted by molar-refractivity contribution is 0.0701. The van der Waals surface area contributed by atoms with Crippen LogP contribution >= 0.6 is 0 Å². The van der Waals surface area contributed by atoms with E-state index in [1.165, 1.54) is 0 Å². The van der Waals surface area contributed by atoms with Gasteiger partial charge in [-0.2, -0.15) is 0 Å². The topological polar surface area (TPSA) is 50.2 Å². The van der Waals surface area contributed by atoms with Crippen LogP contribution in [0.2, 0.25) is 0 Å². The predicted molar refractivity (Wildman–Crippen MR) is 93.2 cm³/mol. The summed E-state index contributed by atoms with van der Waals surface area (Å²) in [6, 6.07) is 15.5. The first-order valence-corrected chi connectivity index (χ1v) is 7.53. The van der Waals surface area contributed by atoms with E-state index in [0.29, 0.717) is 16.5 Å². The van der Waals surface area contributed by atoms with Gasteiger partial charge in [0.15, 0.2) is 0 Å². The Kier molecular flexibility index (Phi) is 2.85. The molecule has 0 saturated carbocycles. The maximum atomic E-state index is 12.0. The molecule has 0 amide bonds. The van der Waals surface area contributed by atoms with Crippen molar-refractivity contribution in [1.82, 2.24) is 4.98 Å². The quantitative estimate of drug-likeness (QED) is 0.403. The lowest BCUT2D eigenvalue weighted by Gasteiger charge is -2.15. The Bertz CT molecular complexity index is 1110. The monoisotopic (exact) mass is 301 g/mol. The number of aromatic nitrogens is 1. The Hall–Kier alpha value is -2.94. The standard InChI is InChI=1S/C20H15NO2/c1-11-12(2)17-18(20(22)23)15-9-5-6-10-16(15)21-19(17)14-8-4-3-7-13(11)14/h3-10H,1-2H3,(H,22,23). The first-order valence-electron chi connectivity index (χ1n) is 7.53. The van der Waals surface area contributed by atoms with Crippen LogP contribution in [0.5, 0.6) is 0 Å². The molecule has 3 nitrogen and oxygen atoms in total. The van der Waals surface area contributed by atoms with Crippen LogP contribution < -0.4 is 0 Å². The van der Waals surface area contributed by atoms with Crippen LogP contribution in [0.15, 0.2) is 48.5 Å². The van der Waals surface area contributed by atoms with Crippen molar-refractivity contribution in [2.75, 3.05) is 0 Å². The van der Waals surface area contributed by atoms with Gasteiger partial charge < -0.3 is 5.11 Å². The van der Waals surface area contributed by atoms with Crippen molar-refractivity contribution in [3.05, 3.63) is 65.2 Å². The molecule has 4 rings (SSSR count). The summed E-state index contributed by atoms with van der Waals surface area (Å²) < 4.78 is 0. The molecule has 112 valence electrons. The zero-order valence-corrected chi connectivity index (χ0v) is 12.9. The molecule has 0 aliphatic heterocycles. The summed E-state index contributed by atoms with van der Waals surface area (Å²) in [7, 11) is 0. The third kappa shape index (κ3) is 1.83. The third-order valence-corrected chi connectivity index (χ3v) is 4.63. The van der Waals surface area contributed by atoms with Crippen molar-refractivity contribution in [3.63, 3.8) is 0 Å². The maximum Gasteiger partial charge on any atom is 0.337 e. The highest BCUT2D eigenvalue weighted by Gasteiger charge is 2.19. The summed E-state index contributed by atoms with van der Waals surface area (Å²) in [5.74, 6) is -0.911. The van der Waals surface area contributed by atoms with Crippen LogP contribution in [0.4, 0.5) is 0 Å². The van der Waals surface area contributed by atoms with Crippen molar-refractivity contribution < 1.29 is 9.90 Å². The Balaban J connectivity index is 2.41. The Morgan fingerprint density at radius 2 is 1.48 bits per heavy atom. The predicted octanol–water partition coefficient (Wildman–Crippen LogP) is 4.86. The van der Waals surface area contributed by atoms with Gasteiger partial charge in [0.05, 0.1) is 16.6 Å². The summed E-state index contributed by atoms with van der Waals surface area (Å²) in [5.41, 5.74) is 3.91. The fourth-order valence-electron chi connectivity index (χ4n) is 3.40. The van der Waals surface area contributed by atoms with E-state index >= 15 is 0 Å². The zero-order chi connectivity index (χ0) is 16.1. The molecule has 0 saturated heterocycles. The van der Waals surface area contributed by atoms with E-state index in [2.05, 4.69) is 6.07 Å². The minimum atomic E-state index is -0.911. The van der Waals surface area contributed by atoms with Crippen LogP contribution in [0.1, 0.15) is 21.5 Å². The number of nitrogens with zero attached hydrogens (tertiary/aromatic N) is 1. The SMILES string of the molecule is Cc1c(C)c2c(C(=O)O)c3ccccc3nc2c2ccccc12. The number of carboxylic acids is 1. The van der Waals surface area contributed by atoms with E-state index in [9.17, 15) is 9.90 Å². The van der Waals surface area contributed by atoms with Crippen LogP contribution in [0.25, 0.3) is 32.6 Å². The number of carboxylic acid groups (broad SMARTS) is 1. The van der Waals surface area contributed by atoms with E-state index in [0.717, 1.165) is 32.8 Å². The van der Waals surface area contributed by atoms with Gasteiger partial charge >= 0.3 is 5.97 Å². The lowest BCUT2D eigenvalue weighted by atomic mass is 9.91. The first kappa shape index (κ1) is 13.7. The number of hydrogen-bond acceptors (Lipinski definition) is 2. The number of fused-ring (bicyclic) bond motifs is 4. The van der Waals surface area contributed by atoms with Gasteiger partial charge in [-0.05, 0) is 36.4 Å². The third-order valence-electron chi connectivity index (χ3n) is 4.63. The highest BCUT2D eigenvalue weighted by atomic mass is 16.4. The molecule has 0 atom stereocenters. The molecular weight excluding hydrogens is 286 g/mol. The van der Waals surface area contributed by atoms with E-state index in [-0.39, 0.29) is 0 Å².